The first-order valence-electron chi connectivity index (χ1n) is 8.00. The van der Waals surface area contributed by atoms with E-state index >= 15 is 0 Å². The number of amides is 1. The predicted octanol–water partition coefficient (Wildman–Crippen LogP) is 3.05. The van der Waals surface area contributed by atoms with Crippen LogP contribution in [0.3, 0.4) is 0 Å². The van der Waals surface area contributed by atoms with Gasteiger partial charge in [0.15, 0.2) is 0 Å². The molecule has 0 bridgehead atoms. The third-order valence-electron chi connectivity index (χ3n) is 4.34. The number of halogens is 2. The molecular weight excluding hydrogens is 286 g/mol. The Labute approximate surface area is 130 Å². The lowest BCUT2D eigenvalue weighted by molar-refractivity contribution is -0.137. The third-order valence-corrected chi connectivity index (χ3v) is 4.34. The van der Waals surface area contributed by atoms with Crippen molar-refractivity contribution in [1.82, 2.24) is 9.80 Å². The van der Waals surface area contributed by atoms with Crippen LogP contribution in [0.25, 0.3) is 0 Å². The molecule has 22 heavy (non-hydrogen) atoms. The predicted molar refractivity (Wildman–Crippen MR) is 82.3 cm³/mol. The molecule has 1 aliphatic heterocycles. The number of hydrogen-bond acceptors (Lipinski definition) is 2. The zero-order valence-corrected chi connectivity index (χ0v) is 13.3. The maximum Gasteiger partial charge on any atom is 0.226 e. The van der Waals surface area contributed by atoms with Crippen LogP contribution in [0.2, 0.25) is 0 Å². The molecule has 1 atom stereocenters. The first-order valence-corrected chi connectivity index (χ1v) is 8.00. The summed E-state index contributed by atoms with van der Waals surface area (Å²) in [5.41, 5.74) is 0.484. The lowest BCUT2D eigenvalue weighted by Gasteiger charge is -2.34. The van der Waals surface area contributed by atoms with Crippen LogP contribution in [0.15, 0.2) is 18.2 Å². The smallest absolute Gasteiger partial charge is 0.226 e. The summed E-state index contributed by atoms with van der Waals surface area (Å²) in [7, 11) is 0. The molecule has 1 amide bonds. The molecule has 3 nitrogen and oxygen atoms in total. The first kappa shape index (κ1) is 16.9. The summed E-state index contributed by atoms with van der Waals surface area (Å²) in [5, 5.41) is 0. The van der Waals surface area contributed by atoms with Gasteiger partial charge in [-0.1, -0.05) is 6.07 Å². The molecule has 1 unspecified atom stereocenters. The van der Waals surface area contributed by atoms with Crippen LogP contribution in [-0.2, 0) is 11.3 Å². The molecule has 0 saturated carbocycles. The van der Waals surface area contributed by atoms with Crippen molar-refractivity contribution in [2.75, 3.05) is 26.2 Å². The van der Waals surface area contributed by atoms with Gasteiger partial charge >= 0.3 is 0 Å². The van der Waals surface area contributed by atoms with Crippen LogP contribution in [0, 0.1) is 17.6 Å². The Morgan fingerprint density at radius 1 is 1.32 bits per heavy atom. The SMILES string of the molecule is CCN(CC)C(=O)C1CCCN(Cc2ccc(F)cc2F)C1. The van der Waals surface area contributed by atoms with Gasteiger partial charge in [0.05, 0.1) is 5.92 Å². The van der Waals surface area contributed by atoms with Gasteiger partial charge < -0.3 is 4.90 Å². The van der Waals surface area contributed by atoms with Crippen LogP contribution in [0.4, 0.5) is 8.78 Å². The van der Waals surface area contributed by atoms with E-state index in [0.717, 1.165) is 38.5 Å². The molecule has 0 spiro atoms. The first-order chi connectivity index (χ1) is 10.5. The molecule has 0 radical (unpaired) electrons. The minimum absolute atomic E-state index is 0.0165. The topological polar surface area (TPSA) is 23.6 Å². The largest absolute Gasteiger partial charge is 0.343 e. The Morgan fingerprint density at radius 2 is 2.05 bits per heavy atom. The van der Waals surface area contributed by atoms with E-state index in [-0.39, 0.29) is 11.8 Å². The molecule has 1 aromatic rings. The van der Waals surface area contributed by atoms with Crippen molar-refractivity contribution in [1.29, 1.82) is 0 Å². The van der Waals surface area contributed by atoms with Crippen molar-refractivity contribution < 1.29 is 13.6 Å². The molecular formula is C17H24F2N2O. The van der Waals surface area contributed by atoms with Gasteiger partial charge in [-0.3, -0.25) is 9.69 Å². The van der Waals surface area contributed by atoms with E-state index in [1.54, 1.807) is 0 Å². The van der Waals surface area contributed by atoms with Crippen LogP contribution in [0.5, 0.6) is 0 Å². The summed E-state index contributed by atoms with van der Waals surface area (Å²) in [5.74, 6) is -0.905. The van der Waals surface area contributed by atoms with Crippen molar-refractivity contribution >= 4 is 5.91 Å². The van der Waals surface area contributed by atoms with E-state index in [4.69, 9.17) is 0 Å². The average Bonchev–Trinajstić information content (AvgIpc) is 2.51. The highest BCUT2D eigenvalue weighted by Crippen LogP contribution is 2.21. The second kappa shape index (κ2) is 7.68. The molecule has 1 aliphatic rings. The number of rotatable bonds is 5. The zero-order chi connectivity index (χ0) is 16.1. The summed E-state index contributed by atoms with van der Waals surface area (Å²) in [6.07, 6.45) is 1.82. The van der Waals surface area contributed by atoms with Crippen molar-refractivity contribution in [2.45, 2.75) is 33.2 Å². The van der Waals surface area contributed by atoms with Gasteiger partial charge in [0, 0.05) is 37.8 Å². The number of carbonyl (C=O) groups is 1. The second-order valence-corrected chi connectivity index (χ2v) is 5.82. The fourth-order valence-corrected chi connectivity index (χ4v) is 3.09. The quantitative estimate of drug-likeness (QED) is 0.834. The molecule has 122 valence electrons. The Bertz CT molecular complexity index is 517. The van der Waals surface area contributed by atoms with Gasteiger partial charge in [0.2, 0.25) is 5.91 Å². The lowest BCUT2D eigenvalue weighted by atomic mass is 9.96. The van der Waals surface area contributed by atoms with Crippen LogP contribution in [0.1, 0.15) is 32.3 Å². The van der Waals surface area contributed by atoms with E-state index in [9.17, 15) is 13.6 Å². The van der Waals surface area contributed by atoms with Gasteiger partial charge in [-0.25, -0.2) is 8.78 Å². The maximum atomic E-state index is 13.8. The number of piperidine rings is 1. The summed E-state index contributed by atoms with van der Waals surface area (Å²) in [6.45, 7) is 7.32. The molecule has 5 heteroatoms. The van der Waals surface area contributed by atoms with E-state index < -0.39 is 11.6 Å². The fraction of sp³-hybridized carbons (Fsp3) is 0.588. The lowest BCUT2D eigenvalue weighted by Crippen LogP contribution is -2.44. The number of carbonyl (C=O) groups excluding carboxylic acids is 1. The van der Waals surface area contributed by atoms with Crippen molar-refractivity contribution in [3.8, 4) is 0 Å². The number of likely N-dealkylation sites (tertiary alicyclic amines) is 1. The summed E-state index contributed by atoms with van der Waals surface area (Å²) < 4.78 is 26.7. The molecule has 2 rings (SSSR count). The average molecular weight is 310 g/mol. The highest BCUT2D eigenvalue weighted by atomic mass is 19.1. The van der Waals surface area contributed by atoms with E-state index in [0.29, 0.717) is 18.7 Å². The fourth-order valence-electron chi connectivity index (χ4n) is 3.09. The molecule has 1 aromatic carbocycles. The number of benzene rings is 1. The van der Waals surface area contributed by atoms with Crippen molar-refractivity contribution in [3.63, 3.8) is 0 Å². The number of hydrogen-bond donors (Lipinski definition) is 0. The normalized spacial score (nSPS) is 19.2. The Balaban J connectivity index is 2.00. The molecule has 0 N–H and O–H groups in total. The third kappa shape index (κ3) is 4.03. The van der Waals surface area contributed by atoms with E-state index in [1.165, 1.54) is 12.1 Å². The molecule has 1 saturated heterocycles. The second-order valence-electron chi connectivity index (χ2n) is 5.82. The van der Waals surface area contributed by atoms with Gasteiger partial charge in [-0.2, -0.15) is 0 Å². The van der Waals surface area contributed by atoms with E-state index in [2.05, 4.69) is 4.90 Å². The van der Waals surface area contributed by atoms with E-state index in [1.807, 2.05) is 18.7 Å². The van der Waals surface area contributed by atoms with Crippen molar-refractivity contribution in [3.05, 3.63) is 35.4 Å². The van der Waals surface area contributed by atoms with Crippen molar-refractivity contribution in [2.24, 2.45) is 5.92 Å². The van der Waals surface area contributed by atoms with Gasteiger partial charge in [0.25, 0.3) is 0 Å². The van der Waals surface area contributed by atoms with Crippen LogP contribution in [-0.4, -0.2) is 41.9 Å². The zero-order valence-electron chi connectivity index (χ0n) is 13.3. The van der Waals surface area contributed by atoms with Crippen LogP contribution < -0.4 is 0 Å². The van der Waals surface area contributed by atoms with Crippen LogP contribution >= 0.6 is 0 Å². The monoisotopic (exact) mass is 310 g/mol. The summed E-state index contributed by atoms with van der Waals surface area (Å²) >= 11 is 0. The van der Waals surface area contributed by atoms with Gasteiger partial charge in [-0.05, 0) is 39.3 Å². The molecule has 1 heterocycles. The molecule has 0 aromatic heterocycles. The Kier molecular flexibility index (Phi) is 5.89. The maximum absolute atomic E-state index is 13.8. The Morgan fingerprint density at radius 3 is 2.68 bits per heavy atom. The molecule has 1 fully saturated rings. The highest BCUT2D eigenvalue weighted by Gasteiger charge is 2.28. The minimum Gasteiger partial charge on any atom is -0.343 e. The number of nitrogens with zero attached hydrogens (tertiary/aromatic N) is 2. The minimum atomic E-state index is -0.561. The Hall–Kier alpha value is -1.49. The van der Waals surface area contributed by atoms with Gasteiger partial charge in [0.1, 0.15) is 11.6 Å². The summed E-state index contributed by atoms with van der Waals surface area (Å²) in [6, 6.07) is 3.68. The summed E-state index contributed by atoms with van der Waals surface area (Å²) in [4.78, 5) is 16.4. The standard InChI is InChI=1S/C17H24F2N2O/c1-3-21(4-2)17(22)14-6-5-9-20(12-14)11-13-7-8-15(18)10-16(13)19/h7-8,10,14H,3-6,9,11-12H2,1-2H3. The van der Waals surface area contributed by atoms with Gasteiger partial charge in [-0.15, -0.1) is 0 Å². The molecule has 0 aliphatic carbocycles. The highest BCUT2D eigenvalue weighted by molar-refractivity contribution is 5.79.